The van der Waals surface area contributed by atoms with Gasteiger partial charge in [-0.25, -0.2) is 0 Å². The number of nitrogens with one attached hydrogen (secondary N) is 1. The van der Waals surface area contributed by atoms with Crippen LogP contribution in [0.3, 0.4) is 0 Å². The van der Waals surface area contributed by atoms with Gasteiger partial charge in [0.25, 0.3) is 0 Å². The SMILES string of the molecule is CC(C)(C)c1ccc(C(=O)c2cccc(NC(=O)CCc3ccccc3)c2)cc1. The third-order valence-corrected chi connectivity index (χ3v) is 4.91. The molecule has 0 heterocycles. The highest BCUT2D eigenvalue weighted by Crippen LogP contribution is 2.23. The zero-order valence-corrected chi connectivity index (χ0v) is 17.2. The standard InChI is InChI=1S/C26H27NO2/c1-26(2,3)22-15-13-20(14-16-22)25(29)21-10-7-11-23(18-21)27-24(28)17-12-19-8-5-4-6-9-19/h4-11,13-16,18H,12,17H2,1-3H3,(H,27,28). The number of benzene rings is 3. The monoisotopic (exact) mass is 385 g/mol. The van der Waals surface area contributed by atoms with E-state index in [1.165, 1.54) is 5.56 Å². The number of amides is 1. The molecule has 0 saturated carbocycles. The Morgan fingerprint density at radius 3 is 2.14 bits per heavy atom. The minimum atomic E-state index is -0.0621. The first-order chi connectivity index (χ1) is 13.8. The van der Waals surface area contributed by atoms with Gasteiger partial charge in [0.1, 0.15) is 0 Å². The summed E-state index contributed by atoms with van der Waals surface area (Å²) in [6.45, 7) is 6.44. The Labute approximate surface area is 172 Å². The van der Waals surface area contributed by atoms with Crippen LogP contribution in [0.2, 0.25) is 0 Å². The van der Waals surface area contributed by atoms with Gasteiger partial charge in [0.15, 0.2) is 5.78 Å². The molecule has 3 nitrogen and oxygen atoms in total. The van der Waals surface area contributed by atoms with Gasteiger partial charge in [-0.15, -0.1) is 0 Å². The molecular weight excluding hydrogens is 358 g/mol. The maximum absolute atomic E-state index is 12.8. The molecule has 0 aliphatic carbocycles. The first kappa shape index (κ1) is 20.5. The molecule has 0 fully saturated rings. The van der Waals surface area contributed by atoms with Gasteiger partial charge in [0.05, 0.1) is 0 Å². The van der Waals surface area contributed by atoms with Gasteiger partial charge in [-0.3, -0.25) is 9.59 Å². The summed E-state index contributed by atoms with van der Waals surface area (Å²) in [6, 6.07) is 24.8. The van der Waals surface area contributed by atoms with Gasteiger partial charge in [-0.2, -0.15) is 0 Å². The third-order valence-electron chi connectivity index (χ3n) is 4.91. The first-order valence-corrected chi connectivity index (χ1v) is 9.92. The van der Waals surface area contributed by atoms with E-state index < -0.39 is 0 Å². The average molecular weight is 386 g/mol. The molecule has 0 radical (unpaired) electrons. The number of rotatable bonds is 6. The summed E-state index contributed by atoms with van der Waals surface area (Å²) in [4.78, 5) is 25.1. The molecule has 0 saturated heterocycles. The lowest BCUT2D eigenvalue weighted by atomic mass is 9.86. The van der Waals surface area contributed by atoms with E-state index in [0.29, 0.717) is 29.7 Å². The summed E-state index contributed by atoms with van der Waals surface area (Å²) in [5, 5.41) is 2.90. The quantitative estimate of drug-likeness (QED) is 0.546. The molecule has 0 aliphatic rings. The highest BCUT2D eigenvalue weighted by Gasteiger charge is 2.15. The molecule has 148 valence electrons. The van der Waals surface area contributed by atoms with Crippen LogP contribution < -0.4 is 5.32 Å². The molecule has 3 heteroatoms. The second kappa shape index (κ2) is 8.87. The number of anilines is 1. The summed E-state index contributed by atoms with van der Waals surface area (Å²) in [7, 11) is 0. The molecule has 0 atom stereocenters. The van der Waals surface area contributed by atoms with Crippen molar-refractivity contribution in [1.29, 1.82) is 0 Å². The molecule has 0 unspecified atom stereocenters. The number of hydrogen-bond donors (Lipinski definition) is 1. The van der Waals surface area contributed by atoms with E-state index in [9.17, 15) is 9.59 Å². The Morgan fingerprint density at radius 1 is 0.793 bits per heavy atom. The molecule has 1 amide bonds. The fraction of sp³-hybridized carbons (Fsp3) is 0.231. The Hall–Kier alpha value is -3.20. The Morgan fingerprint density at radius 2 is 1.48 bits per heavy atom. The Balaban J connectivity index is 1.65. The Kier molecular flexibility index (Phi) is 6.28. The summed E-state index contributed by atoms with van der Waals surface area (Å²) >= 11 is 0. The smallest absolute Gasteiger partial charge is 0.224 e. The van der Waals surface area contributed by atoms with Crippen LogP contribution >= 0.6 is 0 Å². The zero-order chi connectivity index (χ0) is 20.9. The lowest BCUT2D eigenvalue weighted by Gasteiger charge is -2.19. The number of ketones is 1. The summed E-state index contributed by atoms with van der Waals surface area (Å²) in [5.41, 5.74) is 4.21. The minimum absolute atomic E-state index is 0.0471. The van der Waals surface area contributed by atoms with E-state index in [0.717, 1.165) is 5.56 Å². The number of carbonyl (C=O) groups excluding carboxylic acids is 2. The maximum Gasteiger partial charge on any atom is 0.224 e. The number of carbonyl (C=O) groups is 2. The largest absolute Gasteiger partial charge is 0.326 e. The lowest BCUT2D eigenvalue weighted by molar-refractivity contribution is -0.116. The zero-order valence-electron chi connectivity index (χ0n) is 17.2. The summed E-state index contributed by atoms with van der Waals surface area (Å²) < 4.78 is 0. The Bertz CT molecular complexity index is 983. The average Bonchev–Trinajstić information content (AvgIpc) is 2.72. The van der Waals surface area contributed by atoms with Crippen LogP contribution in [-0.2, 0) is 16.6 Å². The van der Waals surface area contributed by atoms with Crippen molar-refractivity contribution in [1.82, 2.24) is 0 Å². The van der Waals surface area contributed by atoms with Crippen molar-refractivity contribution >= 4 is 17.4 Å². The molecule has 3 rings (SSSR count). The third kappa shape index (κ3) is 5.64. The van der Waals surface area contributed by atoms with Crippen molar-refractivity contribution in [3.05, 3.63) is 101 Å². The second-order valence-electron chi connectivity index (χ2n) is 8.27. The van der Waals surface area contributed by atoms with Crippen LogP contribution in [0, 0.1) is 0 Å². The van der Waals surface area contributed by atoms with Crippen molar-refractivity contribution < 1.29 is 9.59 Å². The number of hydrogen-bond acceptors (Lipinski definition) is 2. The van der Waals surface area contributed by atoms with Gasteiger partial charge < -0.3 is 5.32 Å². The molecule has 0 aromatic heterocycles. The van der Waals surface area contributed by atoms with Crippen LogP contribution in [0.4, 0.5) is 5.69 Å². The van der Waals surface area contributed by atoms with Crippen molar-refractivity contribution in [3.63, 3.8) is 0 Å². The van der Waals surface area contributed by atoms with Crippen molar-refractivity contribution in [2.75, 3.05) is 5.32 Å². The van der Waals surface area contributed by atoms with E-state index in [2.05, 4.69) is 26.1 Å². The fourth-order valence-corrected chi connectivity index (χ4v) is 3.15. The van der Waals surface area contributed by atoms with Gasteiger partial charge in [0.2, 0.25) is 5.91 Å². The molecule has 3 aromatic carbocycles. The maximum atomic E-state index is 12.8. The van der Waals surface area contributed by atoms with Crippen molar-refractivity contribution in [3.8, 4) is 0 Å². The normalized spacial score (nSPS) is 11.1. The van der Waals surface area contributed by atoms with Crippen molar-refractivity contribution in [2.24, 2.45) is 0 Å². The predicted octanol–water partition coefficient (Wildman–Crippen LogP) is 5.79. The van der Waals surface area contributed by atoms with Crippen LogP contribution in [0.15, 0.2) is 78.9 Å². The molecule has 1 N–H and O–H groups in total. The van der Waals surface area contributed by atoms with Crippen molar-refractivity contribution in [2.45, 2.75) is 39.0 Å². The minimum Gasteiger partial charge on any atom is -0.326 e. The van der Waals surface area contributed by atoms with E-state index in [1.54, 1.807) is 24.3 Å². The number of aryl methyl sites for hydroxylation is 1. The van der Waals surface area contributed by atoms with Gasteiger partial charge in [0, 0.05) is 23.2 Å². The molecular formula is C26H27NO2. The molecule has 29 heavy (non-hydrogen) atoms. The van der Waals surface area contributed by atoms with E-state index in [4.69, 9.17) is 0 Å². The molecule has 0 bridgehead atoms. The molecule has 3 aromatic rings. The van der Waals surface area contributed by atoms with Crippen LogP contribution in [-0.4, -0.2) is 11.7 Å². The van der Waals surface area contributed by atoms with Crippen LogP contribution in [0.25, 0.3) is 0 Å². The van der Waals surface area contributed by atoms with Gasteiger partial charge in [-0.1, -0.05) is 87.5 Å². The summed E-state index contributed by atoms with van der Waals surface area (Å²) in [5.74, 6) is -0.112. The topological polar surface area (TPSA) is 46.2 Å². The lowest BCUT2D eigenvalue weighted by Crippen LogP contribution is -2.13. The van der Waals surface area contributed by atoms with E-state index >= 15 is 0 Å². The first-order valence-electron chi connectivity index (χ1n) is 9.92. The highest BCUT2D eigenvalue weighted by atomic mass is 16.1. The molecule has 0 spiro atoms. The second-order valence-corrected chi connectivity index (χ2v) is 8.27. The van der Waals surface area contributed by atoms with E-state index in [1.807, 2.05) is 54.6 Å². The fourth-order valence-electron chi connectivity index (χ4n) is 3.15. The predicted molar refractivity (Wildman–Crippen MR) is 118 cm³/mol. The summed E-state index contributed by atoms with van der Waals surface area (Å²) in [6.07, 6.45) is 1.09. The van der Waals surface area contributed by atoms with E-state index in [-0.39, 0.29) is 17.1 Å². The van der Waals surface area contributed by atoms with Crippen LogP contribution in [0.5, 0.6) is 0 Å². The molecule has 0 aliphatic heterocycles. The van der Waals surface area contributed by atoms with Gasteiger partial charge >= 0.3 is 0 Å². The van der Waals surface area contributed by atoms with Gasteiger partial charge in [-0.05, 0) is 35.1 Å². The highest BCUT2D eigenvalue weighted by molar-refractivity contribution is 6.09. The van der Waals surface area contributed by atoms with Crippen LogP contribution in [0.1, 0.15) is 54.2 Å².